The van der Waals surface area contributed by atoms with Crippen molar-refractivity contribution in [2.75, 3.05) is 0 Å². The number of benzene rings is 2. The van der Waals surface area contributed by atoms with Crippen LogP contribution in [0.3, 0.4) is 0 Å². The van der Waals surface area contributed by atoms with Crippen molar-refractivity contribution in [3.05, 3.63) is 69.0 Å². The number of thiocarbonyl (C=S) groups is 2. The molecule has 0 atom stereocenters. The Kier molecular flexibility index (Phi) is 7.85. The molecule has 0 aliphatic heterocycles. The molecule has 2 aromatic rings. The third kappa shape index (κ3) is 6.79. The minimum Gasteiger partial charge on any atom is -0.393 e. The van der Waals surface area contributed by atoms with Crippen molar-refractivity contribution < 1.29 is 4.39 Å². The van der Waals surface area contributed by atoms with Crippen molar-refractivity contribution in [3.8, 4) is 0 Å². The van der Waals surface area contributed by atoms with Crippen LogP contribution >= 0.6 is 47.6 Å². The fourth-order valence-corrected chi connectivity index (χ4v) is 2.27. The molecule has 0 aliphatic rings. The Hall–Kier alpha value is -1.27. The standard InChI is InChI=1S/C9H10ClNS.C7H5ClFNS/c1-6-2-3-7(4-8(6)10)5-9(11)12;8-5-3-4(7(10)11)1-2-6(5)9/h2-4H,5H2,1H3,(H2,11,12);1-3H,(H2,10,11). The summed E-state index contributed by atoms with van der Waals surface area (Å²) >= 11 is 20.8. The predicted molar refractivity (Wildman–Crippen MR) is 104 cm³/mol. The van der Waals surface area contributed by atoms with E-state index in [0.717, 1.165) is 16.1 Å². The molecule has 2 nitrogen and oxygen atoms in total. The summed E-state index contributed by atoms with van der Waals surface area (Å²) in [6.07, 6.45) is 0.620. The van der Waals surface area contributed by atoms with Crippen LogP contribution < -0.4 is 11.5 Å². The molecule has 0 radical (unpaired) electrons. The second-order valence-corrected chi connectivity index (χ2v) is 6.50. The lowest BCUT2D eigenvalue weighted by Crippen LogP contribution is -2.10. The number of aryl methyl sites for hydroxylation is 1. The maximum atomic E-state index is 12.5. The molecule has 23 heavy (non-hydrogen) atoms. The van der Waals surface area contributed by atoms with Gasteiger partial charge in [-0.05, 0) is 42.3 Å². The van der Waals surface area contributed by atoms with Crippen LogP contribution in [-0.4, -0.2) is 9.98 Å². The number of hydrogen-bond donors (Lipinski definition) is 2. The molecular formula is C16H15Cl2FN2S2. The summed E-state index contributed by atoms with van der Waals surface area (Å²) < 4.78 is 12.5. The second-order valence-electron chi connectivity index (χ2n) is 4.72. The number of nitrogens with two attached hydrogens (primary N) is 2. The smallest absolute Gasteiger partial charge is 0.141 e. The summed E-state index contributed by atoms with van der Waals surface area (Å²) in [5.41, 5.74) is 13.4. The molecule has 0 saturated carbocycles. The van der Waals surface area contributed by atoms with Crippen molar-refractivity contribution in [1.29, 1.82) is 0 Å². The van der Waals surface area contributed by atoms with Crippen molar-refractivity contribution in [2.45, 2.75) is 13.3 Å². The first-order valence-electron chi connectivity index (χ1n) is 6.49. The zero-order valence-electron chi connectivity index (χ0n) is 12.3. The summed E-state index contributed by atoms with van der Waals surface area (Å²) in [4.78, 5) is 0.710. The van der Waals surface area contributed by atoms with Gasteiger partial charge >= 0.3 is 0 Å². The first-order chi connectivity index (χ1) is 10.7. The Morgan fingerprint density at radius 1 is 1.04 bits per heavy atom. The van der Waals surface area contributed by atoms with E-state index in [-0.39, 0.29) is 10.0 Å². The molecule has 7 heteroatoms. The summed E-state index contributed by atoms with van der Waals surface area (Å²) in [5, 5.41) is 0.805. The molecule has 0 saturated heterocycles. The highest BCUT2D eigenvalue weighted by Crippen LogP contribution is 2.17. The van der Waals surface area contributed by atoms with E-state index in [1.807, 2.05) is 25.1 Å². The Balaban J connectivity index is 0.000000231. The molecule has 0 heterocycles. The van der Waals surface area contributed by atoms with Gasteiger partial charge in [0, 0.05) is 17.0 Å². The molecular weight excluding hydrogens is 374 g/mol. The van der Waals surface area contributed by atoms with Crippen LogP contribution in [0, 0.1) is 12.7 Å². The van der Waals surface area contributed by atoms with Crippen molar-refractivity contribution in [1.82, 2.24) is 0 Å². The zero-order valence-corrected chi connectivity index (χ0v) is 15.4. The van der Waals surface area contributed by atoms with E-state index >= 15 is 0 Å². The van der Waals surface area contributed by atoms with E-state index < -0.39 is 5.82 Å². The van der Waals surface area contributed by atoms with Crippen LogP contribution in [-0.2, 0) is 6.42 Å². The summed E-state index contributed by atoms with van der Waals surface area (Å²) in [6, 6.07) is 9.98. The van der Waals surface area contributed by atoms with Crippen molar-refractivity contribution >= 4 is 57.6 Å². The Bertz CT molecular complexity index is 736. The normalized spacial score (nSPS) is 9.74. The highest BCUT2D eigenvalue weighted by atomic mass is 35.5. The van der Waals surface area contributed by atoms with Crippen LogP contribution in [0.15, 0.2) is 36.4 Å². The maximum absolute atomic E-state index is 12.5. The first kappa shape index (κ1) is 19.8. The molecule has 122 valence electrons. The van der Waals surface area contributed by atoms with E-state index in [0.29, 0.717) is 17.0 Å². The first-order valence-corrected chi connectivity index (χ1v) is 8.06. The molecule has 0 spiro atoms. The minimum absolute atomic E-state index is 0.0373. The second kappa shape index (κ2) is 9.13. The van der Waals surface area contributed by atoms with Crippen molar-refractivity contribution in [2.24, 2.45) is 11.5 Å². The highest BCUT2D eigenvalue weighted by Gasteiger charge is 2.01. The molecule has 0 amide bonds. The van der Waals surface area contributed by atoms with Gasteiger partial charge in [-0.15, -0.1) is 0 Å². The highest BCUT2D eigenvalue weighted by molar-refractivity contribution is 7.80. The molecule has 0 aromatic heterocycles. The largest absolute Gasteiger partial charge is 0.393 e. The lowest BCUT2D eigenvalue weighted by molar-refractivity contribution is 0.628. The number of hydrogen-bond acceptors (Lipinski definition) is 2. The van der Waals surface area contributed by atoms with Gasteiger partial charge in [0.25, 0.3) is 0 Å². The van der Waals surface area contributed by atoms with E-state index in [9.17, 15) is 4.39 Å². The van der Waals surface area contributed by atoms with Crippen LogP contribution in [0.25, 0.3) is 0 Å². The van der Waals surface area contributed by atoms with Crippen molar-refractivity contribution in [3.63, 3.8) is 0 Å². The van der Waals surface area contributed by atoms with E-state index in [2.05, 4.69) is 12.2 Å². The topological polar surface area (TPSA) is 52.0 Å². The summed E-state index contributed by atoms with van der Waals surface area (Å²) in [6.45, 7) is 1.97. The maximum Gasteiger partial charge on any atom is 0.141 e. The van der Waals surface area contributed by atoms with Crippen LogP contribution in [0.5, 0.6) is 0 Å². The molecule has 0 bridgehead atoms. The fourth-order valence-electron chi connectivity index (χ4n) is 1.60. The third-order valence-corrected chi connectivity index (χ3v) is 3.90. The van der Waals surface area contributed by atoms with Gasteiger partial charge in [-0.1, -0.05) is 59.8 Å². The van der Waals surface area contributed by atoms with Crippen LogP contribution in [0.4, 0.5) is 4.39 Å². The Morgan fingerprint density at radius 3 is 2.17 bits per heavy atom. The van der Waals surface area contributed by atoms with Gasteiger partial charge in [-0.2, -0.15) is 0 Å². The molecule has 0 unspecified atom stereocenters. The molecule has 2 rings (SSSR count). The predicted octanol–water partition coefficient (Wildman–Crippen LogP) is 4.59. The Labute approximate surface area is 155 Å². The van der Waals surface area contributed by atoms with E-state index in [1.54, 1.807) is 0 Å². The monoisotopic (exact) mass is 388 g/mol. The fraction of sp³-hybridized carbons (Fsp3) is 0.125. The van der Waals surface area contributed by atoms with Gasteiger partial charge in [0.2, 0.25) is 0 Å². The SMILES string of the molecule is Cc1ccc(CC(N)=S)cc1Cl.NC(=S)c1ccc(F)c(Cl)c1. The van der Waals surface area contributed by atoms with E-state index in [4.69, 9.17) is 46.9 Å². The lowest BCUT2D eigenvalue weighted by Gasteiger charge is -2.01. The Morgan fingerprint density at radius 2 is 1.70 bits per heavy atom. The number of halogens is 3. The summed E-state index contributed by atoms with van der Waals surface area (Å²) in [7, 11) is 0. The quantitative estimate of drug-likeness (QED) is 0.754. The lowest BCUT2D eigenvalue weighted by atomic mass is 10.1. The summed E-state index contributed by atoms with van der Waals surface area (Å²) in [5.74, 6) is -0.466. The van der Waals surface area contributed by atoms with E-state index in [1.165, 1.54) is 18.2 Å². The average Bonchev–Trinajstić information content (AvgIpc) is 2.46. The molecule has 2 aromatic carbocycles. The van der Waals surface area contributed by atoms with Gasteiger partial charge in [0.15, 0.2) is 0 Å². The third-order valence-electron chi connectivity index (χ3n) is 2.82. The molecule has 4 N–H and O–H groups in total. The molecule has 0 fully saturated rings. The minimum atomic E-state index is -0.466. The van der Waals surface area contributed by atoms with Gasteiger partial charge in [0.1, 0.15) is 10.8 Å². The van der Waals surface area contributed by atoms with Gasteiger partial charge in [-0.25, -0.2) is 4.39 Å². The van der Waals surface area contributed by atoms with Gasteiger partial charge in [0.05, 0.1) is 10.0 Å². The average molecular weight is 389 g/mol. The zero-order chi connectivity index (χ0) is 17.6. The van der Waals surface area contributed by atoms with Gasteiger partial charge < -0.3 is 11.5 Å². The number of rotatable bonds is 3. The van der Waals surface area contributed by atoms with Crippen LogP contribution in [0.2, 0.25) is 10.0 Å². The molecule has 0 aliphatic carbocycles. The van der Waals surface area contributed by atoms with Gasteiger partial charge in [-0.3, -0.25) is 0 Å². The van der Waals surface area contributed by atoms with Crippen LogP contribution in [0.1, 0.15) is 16.7 Å².